The second-order valence-electron chi connectivity index (χ2n) is 4.84. The van der Waals surface area contributed by atoms with Crippen molar-refractivity contribution >= 4 is 29.4 Å². The molecule has 0 bridgehead atoms. The Hall–Kier alpha value is -3.00. The predicted molar refractivity (Wildman–Crippen MR) is 87.0 cm³/mol. The zero-order valence-corrected chi connectivity index (χ0v) is 14.0. The van der Waals surface area contributed by atoms with E-state index in [1.54, 1.807) is 25.1 Å². The number of esters is 1. The molecule has 0 aliphatic rings. The number of hydrogen-bond acceptors (Lipinski definition) is 6. The Labute approximate surface area is 148 Å². The average Bonchev–Trinajstić information content (AvgIpc) is 3.13. The second-order valence-corrected chi connectivity index (χ2v) is 5.25. The number of rotatable bonds is 6. The first-order valence-corrected chi connectivity index (χ1v) is 7.51. The SMILES string of the molecule is Cc1cc(OCC(=O)OCC(=O)NNC(=O)c2ccco2)ccc1Cl. The van der Waals surface area contributed by atoms with Crippen LogP contribution in [0.2, 0.25) is 5.02 Å². The lowest BCUT2D eigenvalue weighted by Crippen LogP contribution is -2.43. The number of aryl methyl sites for hydroxylation is 1. The normalized spacial score (nSPS) is 10.0. The maximum absolute atomic E-state index is 11.5. The van der Waals surface area contributed by atoms with Gasteiger partial charge in [0.1, 0.15) is 5.75 Å². The van der Waals surface area contributed by atoms with E-state index in [-0.39, 0.29) is 12.4 Å². The predicted octanol–water partition coefficient (Wildman–Crippen LogP) is 1.62. The fourth-order valence-corrected chi connectivity index (χ4v) is 1.79. The van der Waals surface area contributed by atoms with Gasteiger partial charge < -0.3 is 13.9 Å². The molecule has 1 aromatic carbocycles. The third-order valence-corrected chi connectivity index (χ3v) is 3.33. The van der Waals surface area contributed by atoms with Gasteiger partial charge in [0.15, 0.2) is 19.0 Å². The minimum atomic E-state index is -0.736. The molecule has 8 nitrogen and oxygen atoms in total. The Kier molecular flexibility index (Phi) is 6.41. The van der Waals surface area contributed by atoms with E-state index in [4.69, 9.17) is 25.5 Å². The fourth-order valence-electron chi connectivity index (χ4n) is 1.67. The first kappa shape index (κ1) is 18.3. The van der Waals surface area contributed by atoms with Crippen molar-refractivity contribution in [1.29, 1.82) is 0 Å². The molecular formula is C16H15ClN2O6. The van der Waals surface area contributed by atoms with Crippen LogP contribution in [0.25, 0.3) is 0 Å². The van der Waals surface area contributed by atoms with Crippen LogP contribution in [-0.2, 0) is 14.3 Å². The average molecular weight is 367 g/mol. The molecule has 2 amide bonds. The van der Waals surface area contributed by atoms with Gasteiger partial charge in [-0.1, -0.05) is 11.6 Å². The number of amides is 2. The highest BCUT2D eigenvalue weighted by Gasteiger charge is 2.12. The molecule has 0 unspecified atom stereocenters. The van der Waals surface area contributed by atoms with Crippen LogP contribution in [0, 0.1) is 6.92 Å². The Morgan fingerprint density at radius 3 is 2.64 bits per heavy atom. The van der Waals surface area contributed by atoms with Gasteiger partial charge in [-0.15, -0.1) is 0 Å². The molecule has 0 saturated heterocycles. The summed E-state index contributed by atoms with van der Waals surface area (Å²) < 4.78 is 14.8. The van der Waals surface area contributed by atoms with Gasteiger partial charge in [0.25, 0.3) is 5.91 Å². The highest BCUT2D eigenvalue weighted by atomic mass is 35.5. The number of benzene rings is 1. The summed E-state index contributed by atoms with van der Waals surface area (Å²) in [7, 11) is 0. The first-order valence-electron chi connectivity index (χ1n) is 7.13. The zero-order chi connectivity index (χ0) is 18.2. The van der Waals surface area contributed by atoms with Gasteiger partial charge in [-0.05, 0) is 42.8 Å². The minimum absolute atomic E-state index is 0.0314. The van der Waals surface area contributed by atoms with Crippen molar-refractivity contribution in [3.63, 3.8) is 0 Å². The third kappa shape index (κ3) is 5.85. The molecule has 132 valence electrons. The standard InChI is InChI=1S/C16H15ClN2O6/c1-10-7-11(4-5-12(10)17)24-9-15(21)25-8-14(20)18-19-16(22)13-3-2-6-23-13/h2-7H,8-9H2,1H3,(H,18,20)(H,19,22). The largest absolute Gasteiger partial charge is 0.482 e. The lowest BCUT2D eigenvalue weighted by Gasteiger charge is -2.09. The lowest BCUT2D eigenvalue weighted by molar-refractivity contribution is -0.150. The summed E-state index contributed by atoms with van der Waals surface area (Å²) in [5, 5.41) is 0.586. The fraction of sp³-hybridized carbons (Fsp3) is 0.188. The second kappa shape index (κ2) is 8.74. The summed E-state index contributed by atoms with van der Waals surface area (Å²) in [5.41, 5.74) is 5.00. The summed E-state index contributed by atoms with van der Waals surface area (Å²) in [4.78, 5) is 34.5. The maximum atomic E-state index is 11.5. The van der Waals surface area contributed by atoms with E-state index in [1.165, 1.54) is 18.4 Å². The molecule has 9 heteroatoms. The molecule has 0 saturated carbocycles. The van der Waals surface area contributed by atoms with Gasteiger partial charge in [-0.25, -0.2) is 4.79 Å². The highest BCUT2D eigenvalue weighted by molar-refractivity contribution is 6.31. The summed E-state index contributed by atoms with van der Waals surface area (Å²) in [5.74, 6) is -1.60. The number of hydrogen-bond donors (Lipinski definition) is 2. The Balaban J connectivity index is 1.66. The molecule has 25 heavy (non-hydrogen) atoms. The number of ether oxygens (including phenoxy) is 2. The van der Waals surface area contributed by atoms with Gasteiger partial charge in [0.05, 0.1) is 6.26 Å². The van der Waals surface area contributed by atoms with Crippen molar-refractivity contribution in [3.05, 3.63) is 52.9 Å². The minimum Gasteiger partial charge on any atom is -0.482 e. The number of carbonyl (C=O) groups excluding carboxylic acids is 3. The highest BCUT2D eigenvalue weighted by Crippen LogP contribution is 2.20. The number of hydrazine groups is 1. The van der Waals surface area contributed by atoms with E-state index in [0.29, 0.717) is 10.8 Å². The van der Waals surface area contributed by atoms with Gasteiger partial charge in [-0.3, -0.25) is 20.4 Å². The Morgan fingerprint density at radius 1 is 1.16 bits per heavy atom. The van der Waals surface area contributed by atoms with Crippen molar-refractivity contribution in [1.82, 2.24) is 10.9 Å². The quantitative estimate of drug-likeness (QED) is 0.594. The van der Waals surface area contributed by atoms with E-state index in [9.17, 15) is 14.4 Å². The molecule has 0 atom stereocenters. The van der Waals surface area contributed by atoms with Crippen LogP contribution in [0.3, 0.4) is 0 Å². The molecule has 1 aromatic heterocycles. The number of halogens is 1. The summed E-state index contributed by atoms with van der Waals surface area (Å²) >= 11 is 5.89. The Bertz CT molecular complexity index is 760. The van der Waals surface area contributed by atoms with Crippen molar-refractivity contribution < 1.29 is 28.3 Å². The van der Waals surface area contributed by atoms with Crippen LogP contribution in [0.15, 0.2) is 41.0 Å². The zero-order valence-electron chi connectivity index (χ0n) is 13.2. The van der Waals surface area contributed by atoms with E-state index in [0.717, 1.165) is 5.56 Å². The molecule has 1 heterocycles. The smallest absolute Gasteiger partial charge is 0.344 e. The van der Waals surface area contributed by atoms with Crippen LogP contribution in [0.1, 0.15) is 16.1 Å². The van der Waals surface area contributed by atoms with Crippen LogP contribution in [-0.4, -0.2) is 31.0 Å². The van der Waals surface area contributed by atoms with Crippen molar-refractivity contribution in [2.24, 2.45) is 0 Å². The van der Waals surface area contributed by atoms with Crippen molar-refractivity contribution in [2.45, 2.75) is 6.92 Å². The molecule has 2 rings (SSSR count). The maximum Gasteiger partial charge on any atom is 0.344 e. The van der Waals surface area contributed by atoms with Crippen LogP contribution in [0.4, 0.5) is 0 Å². The summed E-state index contributed by atoms with van der Waals surface area (Å²) in [6, 6.07) is 7.89. The molecule has 0 radical (unpaired) electrons. The van der Waals surface area contributed by atoms with Gasteiger partial charge in [0.2, 0.25) is 0 Å². The van der Waals surface area contributed by atoms with Gasteiger partial charge in [-0.2, -0.15) is 0 Å². The number of carbonyl (C=O) groups is 3. The topological polar surface area (TPSA) is 107 Å². The van der Waals surface area contributed by atoms with Gasteiger partial charge in [0, 0.05) is 5.02 Å². The van der Waals surface area contributed by atoms with E-state index >= 15 is 0 Å². The lowest BCUT2D eigenvalue weighted by atomic mass is 10.2. The first-order chi connectivity index (χ1) is 12.0. The summed E-state index contributed by atoms with van der Waals surface area (Å²) in [6.07, 6.45) is 1.32. The van der Waals surface area contributed by atoms with Crippen LogP contribution in [0.5, 0.6) is 5.75 Å². The van der Waals surface area contributed by atoms with Crippen LogP contribution < -0.4 is 15.6 Å². The number of furan rings is 1. The summed E-state index contributed by atoms with van der Waals surface area (Å²) in [6.45, 7) is 0.863. The van der Waals surface area contributed by atoms with Crippen molar-refractivity contribution in [3.8, 4) is 5.75 Å². The third-order valence-electron chi connectivity index (χ3n) is 2.91. The molecular weight excluding hydrogens is 352 g/mol. The monoisotopic (exact) mass is 366 g/mol. The van der Waals surface area contributed by atoms with E-state index < -0.39 is 24.4 Å². The Morgan fingerprint density at radius 2 is 1.96 bits per heavy atom. The van der Waals surface area contributed by atoms with Gasteiger partial charge >= 0.3 is 11.9 Å². The molecule has 2 N–H and O–H groups in total. The molecule has 2 aromatic rings. The van der Waals surface area contributed by atoms with Crippen LogP contribution >= 0.6 is 11.6 Å². The van der Waals surface area contributed by atoms with E-state index in [1.807, 2.05) is 0 Å². The number of nitrogens with one attached hydrogen (secondary N) is 2. The molecule has 0 aliphatic heterocycles. The van der Waals surface area contributed by atoms with E-state index in [2.05, 4.69) is 10.9 Å². The molecule has 0 spiro atoms. The van der Waals surface area contributed by atoms with Crippen molar-refractivity contribution in [2.75, 3.05) is 13.2 Å². The molecule has 0 aliphatic carbocycles. The molecule has 0 fully saturated rings.